The lowest BCUT2D eigenvalue weighted by atomic mass is 10.2. The van der Waals surface area contributed by atoms with Gasteiger partial charge in [0.15, 0.2) is 0 Å². The van der Waals surface area contributed by atoms with Crippen molar-refractivity contribution in [3.63, 3.8) is 0 Å². The van der Waals surface area contributed by atoms with Gasteiger partial charge >= 0.3 is 0 Å². The van der Waals surface area contributed by atoms with Crippen molar-refractivity contribution < 1.29 is 4.79 Å². The number of carbonyl (C=O) groups excluding carboxylic acids is 1. The Morgan fingerprint density at radius 1 is 1.61 bits per heavy atom. The van der Waals surface area contributed by atoms with Gasteiger partial charge in [0.25, 0.3) is 5.91 Å². The number of aromatic amines is 1. The number of amides is 1. The molecule has 18 heavy (non-hydrogen) atoms. The summed E-state index contributed by atoms with van der Waals surface area (Å²) >= 11 is 0. The molecule has 0 aromatic carbocycles. The van der Waals surface area contributed by atoms with Gasteiger partial charge in [-0.25, -0.2) is 0 Å². The van der Waals surface area contributed by atoms with Crippen molar-refractivity contribution in [3.8, 4) is 0 Å². The van der Waals surface area contributed by atoms with E-state index in [0.29, 0.717) is 17.9 Å². The monoisotopic (exact) mass is 247 g/mol. The Labute approximate surface area is 105 Å². The zero-order chi connectivity index (χ0) is 13.1. The van der Waals surface area contributed by atoms with Crippen molar-refractivity contribution in [3.05, 3.63) is 35.4 Å². The first kappa shape index (κ1) is 12.2. The highest BCUT2D eigenvalue weighted by atomic mass is 16.1. The number of anilines is 1. The molecule has 96 valence electrons. The number of nitrogens with zero attached hydrogens (tertiary/aromatic N) is 2. The molecule has 0 atom stereocenters. The van der Waals surface area contributed by atoms with Crippen LogP contribution in [0, 0.1) is 0 Å². The Balaban J connectivity index is 2.01. The van der Waals surface area contributed by atoms with Crippen LogP contribution in [0.25, 0.3) is 0 Å². The molecule has 2 rings (SSSR count). The van der Waals surface area contributed by atoms with Crippen molar-refractivity contribution in [2.75, 3.05) is 5.73 Å². The molecule has 0 aliphatic rings. The average molecular weight is 247 g/mol. The minimum absolute atomic E-state index is 0.169. The molecule has 6 heteroatoms. The number of carbonyl (C=O) groups is 1. The van der Waals surface area contributed by atoms with Crippen LogP contribution in [-0.2, 0) is 20.0 Å². The second-order valence-corrected chi connectivity index (χ2v) is 4.16. The number of H-pyrrole nitrogens is 1. The summed E-state index contributed by atoms with van der Waals surface area (Å²) in [7, 11) is 1.87. The molecule has 2 aromatic rings. The Morgan fingerprint density at radius 2 is 2.39 bits per heavy atom. The van der Waals surface area contributed by atoms with Crippen molar-refractivity contribution in [2.45, 2.75) is 19.9 Å². The molecule has 0 fully saturated rings. The molecule has 2 heterocycles. The molecule has 0 radical (unpaired) electrons. The molecule has 0 bridgehead atoms. The molecule has 6 nitrogen and oxygen atoms in total. The van der Waals surface area contributed by atoms with Crippen molar-refractivity contribution in [2.24, 2.45) is 7.05 Å². The first-order valence-corrected chi connectivity index (χ1v) is 5.83. The fourth-order valence-corrected chi connectivity index (χ4v) is 1.84. The topological polar surface area (TPSA) is 88.7 Å². The predicted molar refractivity (Wildman–Crippen MR) is 69.0 cm³/mol. The predicted octanol–water partition coefficient (Wildman–Crippen LogP) is 0.823. The van der Waals surface area contributed by atoms with Gasteiger partial charge in [0.1, 0.15) is 5.69 Å². The van der Waals surface area contributed by atoms with Crippen LogP contribution < -0.4 is 11.1 Å². The van der Waals surface area contributed by atoms with Crippen molar-refractivity contribution in [1.82, 2.24) is 20.1 Å². The molecule has 0 saturated heterocycles. The van der Waals surface area contributed by atoms with Gasteiger partial charge < -0.3 is 16.0 Å². The van der Waals surface area contributed by atoms with E-state index in [9.17, 15) is 4.79 Å². The molecular formula is C12H17N5O. The van der Waals surface area contributed by atoms with E-state index in [2.05, 4.69) is 15.4 Å². The standard InChI is InChI=1S/C12H17N5O/c1-3-10-8(7-17(2)16-10)5-15-12(18)11-4-9(13)6-14-11/h4,6-7,14H,3,5,13H2,1-2H3,(H,15,18). The van der Waals surface area contributed by atoms with E-state index in [4.69, 9.17) is 5.73 Å². The first-order chi connectivity index (χ1) is 8.60. The number of hydrogen-bond donors (Lipinski definition) is 3. The largest absolute Gasteiger partial charge is 0.397 e. The minimum atomic E-state index is -0.169. The van der Waals surface area contributed by atoms with Gasteiger partial charge in [-0.05, 0) is 12.5 Å². The second-order valence-electron chi connectivity index (χ2n) is 4.16. The van der Waals surface area contributed by atoms with E-state index in [-0.39, 0.29) is 5.91 Å². The maximum atomic E-state index is 11.8. The van der Waals surface area contributed by atoms with Gasteiger partial charge in [-0.3, -0.25) is 9.48 Å². The SMILES string of the molecule is CCc1nn(C)cc1CNC(=O)c1cc(N)c[nH]1. The Hall–Kier alpha value is -2.24. The number of rotatable bonds is 4. The van der Waals surface area contributed by atoms with Gasteiger partial charge in [-0.1, -0.05) is 6.92 Å². The zero-order valence-electron chi connectivity index (χ0n) is 10.5. The van der Waals surface area contributed by atoms with Crippen LogP contribution in [0.1, 0.15) is 28.7 Å². The number of nitrogens with one attached hydrogen (secondary N) is 2. The fraction of sp³-hybridized carbons (Fsp3) is 0.333. The summed E-state index contributed by atoms with van der Waals surface area (Å²) in [4.78, 5) is 14.6. The Kier molecular flexibility index (Phi) is 3.36. The Bertz CT molecular complexity index is 555. The van der Waals surface area contributed by atoms with Gasteiger partial charge in [-0.2, -0.15) is 5.10 Å². The molecule has 0 spiro atoms. The summed E-state index contributed by atoms with van der Waals surface area (Å²) in [6, 6.07) is 1.61. The number of nitrogen functional groups attached to an aromatic ring is 1. The first-order valence-electron chi connectivity index (χ1n) is 5.83. The highest BCUT2D eigenvalue weighted by Crippen LogP contribution is 2.08. The highest BCUT2D eigenvalue weighted by molar-refractivity contribution is 5.93. The molecule has 4 N–H and O–H groups in total. The van der Waals surface area contributed by atoms with Gasteiger partial charge in [-0.15, -0.1) is 0 Å². The number of nitrogens with two attached hydrogens (primary N) is 1. The third kappa shape index (κ3) is 2.53. The number of aryl methyl sites for hydroxylation is 2. The maximum absolute atomic E-state index is 11.8. The number of aromatic nitrogens is 3. The second kappa shape index (κ2) is 4.95. The van der Waals surface area contributed by atoms with Gasteiger partial charge in [0.2, 0.25) is 0 Å². The highest BCUT2D eigenvalue weighted by Gasteiger charge is 2.10. The smallest absolute Gasteiger partial charge is 0.268 e. The average Bonchev–Trinajstić information content (AvgIpc) is 2.92. The van der Waals surface area contributed by atoms with Crippen LogP contribution in [0.4, 0.5) is 5.69 Å². The van der Waals surface area contributed by atoms with Crippen LogP contribution in [0.3, 0.4) is 0 Å². The van der Waals surface area contributed by atoms with Crippen LogP contribution in [0.2, 0.25) is 0 Å². The molecule has 0 unspecified atom stereocenters. The van der Waals surface area contributed by atoms with Crippen LogP contribution in [-0.4, -0.2) is 20.7 Å². The molecule has 0 aliphatic heterocycles. The molecule has 1 amide bonds. The lowest BCUT2D eigenvalue weighted by Gasteiger charge is -2.03. The fourth-order valence-electron chi connectivity index (χ4n) is 1.84. The maximum Gasteiger partial charge on any atom is 0.268 e. The third-order valence-electron chi connectivity index (χ3n) is 2.72. The normalized spacial score (nSPS) is 10.6. The van der Waals surface area contributed by atoms with Gasteiger partial charge in [0, 0.05) is 37.2 Å². The van der Waals surface area contributed by atoms with E-state index in [1.54, 1.807) is 16.9 Å². The van der Waals surface area contributed by atoms with Gasteiger partial charge in [0.05, 0.1) is 5.69 Å². The molecule has 2 aromatic heterocycles. The summed E-state index contributed by atoms with van der Waals surface area (Å²) in [6.07, 6.45) is 4.36. The third-order valence-corrected chi connectivity index (χ3v) is 2.72. The Morgan fingerprint density at radius 3 is 3.00 bits per heavy atom. The summed E-state index contributed by atoms with van der Waals surface area (Å²) < 4.78 is 1.76. The summed E-state index contributed by atoms with van der Waals surface area (Å²) in [5.41, 5.74) is 8.61. The van der Waals surface area contributed by atoms with E-state index in [0.717, 1.165) is 17.7 Å². The summed E-state index contributed by atoms with van der Waals surface area (Å²) in [5.74, 6) is -0.169. The number of hydrogen-bond acceptors (Lipinski definition) is 3. The van der Waals surface area contributed by atoms with Crippen LogP contribution in [0.5, 0.6) is 0 Å². The molecule has 0 aliphatic carbocycles. The molecule has 0 saturated carbocycles. The van der Waals surface area contributed by atoms with Crippen molar-refractivity contribution in [1.29, 1.82) is 0 Å². The van der Waals surface area contributed by atoms with Crippen molar-refractivity contribution >= 4 is 11.6 Å². The van der Waals surface area contributed by atoms with E-state index < -0.39 is 0 Å². The van der Waals surface area contributed by atoms with E-state index in [1.807, 2.05) is 20.2 Å². The van der Waals surface area contributed by atoms with E-state index >= 15 is 0 Å². The van der Waals surface area contributed by atoms with Crippen LogP contribution >= 0.6 is 0 Å². The lowest BCUT2D eigenvalue weighted by molar-refractivity contribution is 0.0946. The lowest BCUT2D eigenvalue weighted by Crippen LogP contribution is -2.23. The minimum Gasteiger partial charge on any atom is -0.397 e. The zero-order valence-corrected chi connectivity index (χ0v) is 10.5. The van der Waals surface area contributed by atoms with E-state index in [1.165, 1.54) is 0 Å². The molecular weight excluding hydrogens is 230 g/mol. The quantitative estimate of drug-likeness (QED) is 0.747. The summed E-state index contributed by atoms with van der Waals surface area (Å²) in [6.45, 7) is 2.51. The summed E-state index contributed by atoms with van der Waals surface area (Å²) in [5, 5.41) is 7.16. The van der Waals surface area contributed by atoms with Crippen LogP contribution in [0.15, 0.2) is 18.5 Å².